The maximum Gasteiger partial charge on any atom is 0.360 e. The Hall–Kier alpha value is -1.47. The van der Waals surface area contributed by atoms with Gasteiger partial charge in [-0.25, -0.2) is 9.48 Å². The van der Waals surface area contributed by atoms with Crippen LogP contribution in [0, 0.1) is 6.92 Å². The summed E-state index contributed by atoms with van der Waals surface area (Å²) < 4.78 is 6.14. The lowest BCUT2D eigenvalue weighted by molar-refractivity contribution is 0.0518. The lowest BCUT2D eigenvalue weighted by Crippen LogP contribution is -2.21. The molecule has 1 aromatic rings. The SMILES string of the molecule is CCOC(=O)c1nnn(CC(O)CO)c1C. The van der Waals surface area contributed by atoms with E-state index in [0.29, 0.717) is 5.69 Å². The van der Waals surface area contributed by atoms with Gasteiger partial charge in [-0.1, -0.05) is 5.21 Å². The summed E-state index contributed by atoms with van der Waals surface area (Å²) in [5.74, 6) is -0.537. The number of carbonyl (C=O) groups is 1. The normalized spacial score (nSPS) is 12.5. The van der Waals surface area contributed by atoms with E-state index in [1.54, 1.807) is 13.8 Å². The Balaban J connectivity index is 2.79. The van der Waals surface area contributed by atoms with E-state index in [-0.39, 0.29) is 25.5 Å². The van der Waals surface area contributed by atoms with Crippen LogP contribution in [0.4, 0.5) is 0 Å². The van der Waals surface area contributed by atoms with E-state index in [1.165, 1.54) is 4.68 Å². The smallest absolute Gasteiger partial charge is 0.360 e. The van der Waals surface area contributed by atoms with E-state index in [4.69, 9.17) is 9.84 Å². The van der Waals surface area contributed by atoms with Gasteiger partial charge in [0.1, 0.15) is 0 Å². The average Bonchev–Trinajstić information content (AvgIpc) is 2.61. The van der Waals surface area contributed by atoms with Gasteiger partial charge in [-0.05, 0) is 13.8 Å². The molecule has 0 bridgehead atoms. The van der Waals surface area contributed by atoms with Gasteiger partial charge in [0.15, 0.2) is 5.69 Å². The monoisotopic (exact) mass is 229 g/mol. The molecule has 0 aromatic carbocycles. The molecule has 0 aliphatic carbocycles. The van der Waals surface area contributed by atoms with Gasteiger partial charge in [0.2, 0.25) is 0 Å². The molecular weight excluding hydrogens is 214 g/mol. The molecule has 1 heterocycles. The fraction of sp³-hybridized carbons (Fsp3) is 0.667. The zero-order chi connectivity index (χ0) is 12.1. The largest absolute Gasteiger partial charge is 0.461 e. The molecule has 7 heteroatoms. The number of hydrogen-bond donors (Lipinski definition) is 2. The Bertz CT molecular complexity index is 364. The summed E-state index contributed by atoms with van der Waals surface area (Å²) in [6.45, 7) is 3.34. The van der Waals surface area contributed by atoms with Crippen LogP contribution in [0.15, 0.2) is 0 Å². The van der Waals surface area contributed by atoms with Crippen LogP contribution in [0.1, 0.15) is 23.1 Å². The number of carbonyl (C=O) groups excluding carboxylic acids is 1. The highest BCUT2D eigenvalue weighted by Gasteiger charge is 2.18. The van der Waals surface area contributed by atoms with Crippen LogP contribution in [-0.4, -0.2) is 50.5 Å². The van der Waals surface area contributed by atoms with Crippen molar-refractivity contribution in [3.8, 4) is 0 Å². The first-order valence-corrected chi connectivity index (χ1v) is 4.96. The molecule has 1 unspecified atom stereocenters. The average molecular weight is 229 g/mol. The molecule has 1 atom stereocenters. The summed E-state index contributed by atoms with van der Waals surface area (Å²) in [6, 6.07) is 0. The minimum Gasteiger partial charge on any atom is -0.461 e. The summed E-state index contributed by atoms with van der Waals surface area (Å²) in [6.07, 6.45) is -0.921. The number of nitrogens with zero attached hydrogens (tertiary/aromatic N) is 3. The van der Waals surface area contributed by atoms with Crippen molar-refractivity contribution in [3.63, 3.8) is 0 Å². The Morgan fingerprint density at radius 1 is 1.62 bits per heavy atom. The van der Waals surface area contributed by atoms with Crippen molar-refractivity contribution >= 4 is 5.97 Å². The fourth-order valence-electron chi connectivity index (χ4n) is 1.18. The molecule has 7 nitrogen and oxygen atoms in total. The lowest BCUT2D eigenvalue weighted by atomic mass is 10.3. The molecule has 16 heavy (non-hydrogen) atoms. The summed E-state index contributed by atoms with van der Waals surface area (Å²) in [5, 5.41) is 25.3. The lowest BCUT2D eigenvalue weighted by Gasteiger charge is -2.07. The predicted octanol–water partition coefficient (Wildman–Crippen LogP) is -0.884. The predicted molar refractivity (Wildman–Crippen MR) is 53.8 cm³/mol. The number of hydrogen-bond acceptors (Lipinski definition) is 6. The highest BCUT2D eigenvalue weighted by Crippen LogP contribution is 2.06. The summed E-state index contributed by atoms with van der Waals surface area (Å²) in [5.41, 5.74) is 0.637. The van der Waals surface area contributed by atoms with Crippen molar-refractivity contribution in [1.82, 2.24) is 15.0 Å². The third kappa shape index (κ3) is 2.77. The van der Waals surface area contributed by atoms with Gasteiger partial charge in [0.05, 0.1) is 31.6 Å². The second-order valence-electron chi connectivity index (χ2n) is 3.26. The van der Waals surface area contributed by atoms with Crippen LogP contribution >= 0.6 is 0 Å². The first kappa shape index (κ1) is 12.6. The van der Waals surface area contributed by atoms with E-state index < -0.39 is 12.1 Å². The van der Waals surface area contributed by atoms with E-state index in [2.05, 4.69) is 10.3 Å². The molecule has 0 aliphatic heterocycles. The van der Waals surface area contributed by atoms with Crippen molar-refractivity contribution < 1.29 is 19.7 Å². The maximum absolute atomic E-state index is 11.4. The quantitative estimate of drug-likeness (QED) is 0.636. The number of ether oxygens (including phenoxy) is 1. The molecule has 0 aliphatic rings. The van der Waals surface area contributed by atoms with E-state index in [1.807, 2.05) is 0 Å². The second-order valence-corrected chi connectivity index (χ2v) is 3.26. The van der Waals surface area contributed by atoms with E-state index in [9.17, 15) is 9.90 Å². The molecule has 0 spiro atoms. The molecule has 0 amide bonds. The highest BCUT2D eigenvalue weighted by molar-refractivity contribution is 5.88. The van der Waals surface area contributed by atoms with Crippen molar-refractivity contribution in [2.24, 2.45) is 0 Å². The van der Waals surface area contributed by atoms with E-state index in [0.717, 1.165) is 0 Å². The van der Waals surface area contributed by atoms with Crippen LogP contribution in [0.2, 0.25) is 0 Å². The van der Waals surface area contributed by atoms with E-state index >= 15 is 0 Å². The third-order valence-corrected chi connectivity index (χ3v) is 2.05. The van der Waals surface area contributed by atoms with Gasteiger partial charge in [0, 0.05) is 0 Å². The number of rotatable bonds is 5. The highest BCUT2D eigenvalue weighted by atomic mass is 16.5. The molecule has 1 rings (SSSR count). The summed E-state index contributed by atoms with van der Waals surface area (Å²) >= 11 is 0. The van der Waals surface area contributed by atoms with Gasteiger partial charge < -0.3 is 14.9 Å². The molecule has 0 radical (unpaired) electrons. The second kappa shape index (κ2) is 5.57. The Morgan fingerprint density at radius 3 is 2.88 bits per heavy atom. The van der Waals surface area contributed by atoms with Gasteiger partial charge in [-0.2, -0.15) is 0 Å². The zero-order valence-corrected chi connectivity index (χ0v) is 9.25. The summed E-state index contributed by atoms with van der Waals surface area (Å²) in [4.78, 5) is 11.4. The first-order chi connectivity index (χ1) is 7.60. The number of esters is 1. The summed E-state index contributed by atoms with van der Waals surface area (Å²) in [7, 11) is 0. The van der Waals surface area contributed by atoms with Crippen molar-refractivity contribution in [1.29, 1.82) is 0 Å². The Labute approximate surface area is 92.6 Å². The van der Waals surface area contributed by atoms with Crippen molar-refractivity contribution in [2.45, 2.75) is 26.5 Å². The van der Waals surface area contributed by atoms with Crippen LogP contribution in [-0.2, 0) is 11.3 Å². The minimum atomic E-state index is -0.921. The minimum absolute atomic E-state index is 0.0920. The Kier molecular flexibility index (Phi) is 4.39. The van der Waals surface area contributed by atoms with Gasteiger partial charge in [0.25, 0.3) is 0 Å². The third-order valence-electron chi connectivity index (χ3n) is 2.05. The molecular formula is C9H15N3O4. The molecule has 2 N–H and O–H groups in total. The topological polar surface area (TPSA) is 97.5 Å². The molecule has 90 valence electrons. The zero-order valence-electron chi connectivity index (χ0n) is 9.25. The van der Waals surface area contributed by atoms with Crippen LogP contribution in [0.3, 0.4) is 0 Å². The molecule has 0 saturated heterocycles. The number of aromatic nitrogens is 3. The van der Waals surface area contributed by atoms with Crippen LogP contribution < -0.4 is 0 Å². The van der Waals surface area contributed by atoms with Crippen LogP contribution in [0.5, 0.6) is 0 Å². The standard InChI is InChI=1S/C9H15N3O4/c1-3-16-9(15)8-6(2)12(11-10-8)4-7(14)5-13/h7,13-14H,3-5H2,1-2H3. The van der Waals surface area contributed by atoms with Crippen molar-refractivity contribution in [2.75, 3.05) is 13.2 Å². The fourth-order valence-corrected chi connectivity index (χ4v) is 1.18. The van der Waals surface area contributed by atoms with Crippen molar-refractivity contribution in [3.05, 3.63) is 11.4 Å². The first-order valence-electron chi connectivity index (χ1n) is 4.96. The number of aliphatic hydroxyl groups is 2. The van der Waals surface area contributed by atoms with Crippen LogP contribution in [0.25, 0.3) is 0 Å². The number of aliphatic hydroxyl groups excluding tert-OH is 2. The maximum atomic E-state index is 11.4. The van der Waals surface area contributed by atoms with Gasteiger partial charge in [-0.15, -0.1) is 5.10 Å². The van der Waals surface area contributed by atoms with Gasteiger partial charge >= 0.3 is 5.97 Å². The molecule has 0 saturated carbocycles. The molecule has 1 aromatic heterocycles. The van der Waals surface area contributed by atoms with Gasteiger partial charge in [-0.3, -0.25) is 0 Å². The Morgan fingerprint density at radius 2 is 2.31 bits per heavy atom. The molecule has 0 fully saturated rings.